The lowest BCUT2D eigenvalue weighted by atomic mass is 10.1. The molecule has 2 heterocycles. The Morgan fingerprint density at radius 3 is 2.94 bits per heavy atom. The van der Waals surface area contributed by atoms with Crippen molar-refractivity contribution < 1.29 is 9.13 Å². The third kappa shape index (κ3) is 1.53. The summed E-state index contributed by atoms with van der Waals surface area (Å²) in [4.78, 5) is 4.61. The fourth-order valence-corrected chi connectivity index (χ4v) is 2.46. The van der Waals surface area contributed by atoms with Crippen LogP contribution < -0.4 is 9.64 Å². The van der Waals surface area contributed by atoms with E-state index in [0.717, 1.165) is 25.3 Å². The number of rotatable bonds is 1. The van der Waals surface area contributed by atoms with Crippen LogP contribution in [0.15, 0.2) is 18.2 Å². The molecule has 4 heteroatoms. The standard InChI is InChI=1S/C12H15FN2O/c1-14-7-10(8-14)15-4-5-16-12-6-9(13)2-3-11(12)15/h2-3,6,10H,4-5,7-8H2,1H3. The van der Waals surface area contributed by atoms with E-state index in [9.17, 15) is 4.39 Å². The van der Waals surface area contributed by atoms with Crippen molar-refractivity contribution in [2.45, 2.75) is 6.04 Å². The molecule has 0 N–H and O–H groups in total. The van der Waals surface area contributed by atoms with Gasteiger partial charge in [-0.05, 0) is 19.2 Å². The van der Waals surface area contributed by atoms with Gasteiger partial charge in [-0.15, -0.1) is 0 Å². The zero-order valence-corrected chi connectivity index (χ0v) is 9.32. The van der Waals surface area contributed by atoms with E-state index < -0.39 is 0 Å². The Hall–Kier alpha value is -1.29. The lowest BCUT2D eigenvalue weighted by molar-refractivity contribution is 0.172. The van der Waals surface area contributed by atoms with Crippen LogP contribution in [0, 0.1) is 5.82 Å². The zero-order chi connectivity index (χ0) is 11.1. The molecule has 0 aromatic heterocycles. The summed E-state index contributed by atoms with van der Waals surface area (Å²) in [6.07, 6.45) is 0. The number of anilines is 1. The van der Waals surface area contributed by atoms with Crippen LogP contribution in [0.2, 0.25) is 0 Å². The fraction of sp³-hybridized carbons (Fsp3) is 0.500. The normalized spacial score (nSPS) is 21.2. The summed E-state index contributed by atoms with van der Waals surface area (Å²) in [6.45, 7) is 3.71. The van der Waals surface area contributed by atoms with Crippen LogP contribution in [-0.4, -0.2) is 44.2 Å². The first kappa shape index (κ1) is 9.90. The van der Waals surface area contributed by atoms with Crippen LogP contribution in [0.3, 0.4) is 0 Å². The molecule has 1 fully saturated rings. The van der Waals surface area contributed by atoms with Crippen LogP contribution in [0.4, 0.5) is 10.1 Å². The topological polar surface area (TPSA) is 15.7 Å². The third-order valence-corrected chi connectivity index (χ3v) is 3.31. The monoisotopic (exact) mass is 222 g/mol. The van der Waals surface area contributed by atoms with Gasteiger partial charge in [0.2, 0.25) is 0 Å². The summed E-state index contributed by atoms with van der Waals surface area (Å²) in [6, 6.07) is 5.35. The second kappa shape index (κ2) is 3.63. The van der Waals surface area contributed by atoms with Gasteiger partial charge >= 0.3 is 0 Å². The van der Waals surface area contributed by atoms with Crippen LogP contribution in [0.5, 0.6) is 5.75 Å². The summed E-state index contributed by atoms with van der Waals surface area (Å²) in [5.41, 5.74) is 1.03. The van der Waals surface area contributed by atoms with Crippen molar-refractivity contribution in [2.24, 2.45) is 0 Å². The van der Waals surface area contributed by atoms with Crippen molar-refractivity contribution >= 4 is 5.69 Å². The number of hydrogen-bond acceptors (Lipinski definition) is 3. The molecular formula is C12H15FN2O. The molecule has 86 valence electrons. The molecule has 0 radical (unpaired) electrons. The van der Waals surface area contributed by atoms with Crippen LogP contribution >= 0.6 is 0 Å². The molecule has 0 unspecified atom stereocenters. The minimum Gasteiger partial charge on any atom is -0.489 e. The largest absolute Gasteiger partial charge is 0.489 e. The van der Waals surface area contributed by atoms with Gasteiger partial charge in [0, 0.05) is 19.2 Å². The average Bonchev–Trinajstić information content (AvgIpc) is 2.24. The van der Waals surface area contributed by atoms with Crippen LogP contribution in [0.1, 0.15) is 0 Å². The number of likely N-dealkylation sites (N-methyl/N-ethyl adjacent to an activating group) is 1. The van der Waals surface area contributed by atoms with Gasteiger partial charge in [-0.1, -0.05) is 0 Å². The van der Waals surface area contributed by atoms with E-state index in [4.69, 9.17) is 4.74 Å². The minimum atomic E-state index is -0.230. The molecule has 3 rings (SSSR count). The highest BCUT2D eigenvalue weighted by atomic mass is 19.1. The van der Waals surface area contributed by atoms with Gasteiger partial charge in [-0.2, -0.15) is 0 Å². The molecular weight excluding hydrogens is 207 g/mol. The first-order valence-electron chi connectivity index (χ1n) is 5.61. The molecule has 0 bridgehead atoms. The van der Waals surface area contributed by atoms with Crippen LogP contribution in [-0.2, 0) is 0 Å². The second-order valence-electron chi connectivity index (χ2n) is 4.53. The van der Waals surface area contributed by atoms with Crippen molar-refractivity contribution in [1.82, 2.24) is 4.90 Å². The maximum Gasteiger partial charge on any atom is 0.145 e. The molecule has 0 spiro atoms. The summed E-state index contributed by atoms with van der Waals surface area (Å²) >= 11 is 0. The van der Waals surface area contributed by atoms with E-state index in [1.807, 2.05) is 6.07 Å². The minimum absolute atomic E-state index is 0.230. The predicted octanol–water partition coefficient (Wildman–Crippen LogP) is 1.34. The molecule has 16 heavy (non-hydrogen) atoms. The second-order valence-corrected chi connectivity index (χ2v) is 4.53. The molecule has 1 aromatic rings. The van der Waals surface area contributed by atoms with Gasteiger partial charge in [0.1, 0.15) is 18.2 Å². The van der Waals surface area contributed by atoms with Gasteiger partial charge < -0.3 is 14.5 Å². The highest BCUT2D eigenvalue weighted by molar-refractivity contribution is 5.61. The summed E-state index contributed by atoms with van der Waals surface area (Å²) < 4.78 is 18.6. The smallest absolute Gasteiger partial charge is 0.145 e. The number of nitrogens with zero attached hydrogens (tertiary/aromatic N) is 2. The molecule has 0 atom stereocenters. The third-order valence-electron chi connectivity index (χ3n) is 3.31. The number of ether oxygens (including phenoxy) is 1. The maximum absolute atomic E-state index is 13.1. The lowest BCUT2D eigenvalue weighted by Gasteiger charge is -2.46. The number of benzene rings is 1. The lowest BCUT2D eigenvalue weighted by Crippen LogP contribution is -2.59. The number of halogens is 1. The Morgan fingerprint density at radius 1 is 1.38 bits per heavy atom. The maximum atomic E-state index is 13.1. The van der Waals surface area contributed by atoms with Gasteiger partial charge in [0.15, 0.2) is 0 Å². The Labute approximate surface area is 94.4 Å². The summed E-state index contributed by atoms with van der Waals surface area (Å²) in [5, 5.41) is 0. The molecule has 1 aromatic carbocycles. The van der Waals surface area contributed by atoms with E-state index in [-0.39, 0.29) is 5.82 Å². The zero-order valence-electron chi connectivity index (χ0n) is 9.32. The highest BCUT2D eigenvalue weighted by Gasteiger charge is 2.32. The predicted molar refractivity (Wildman–Crippen MR) is 60.5 cm³/mol. The molecule has 0 aliphatic carbocycles. The number of likely N-dealkylation sites (tertiary alicyclic amines) is 1. The Bertz CT molecular complexity index is 404. The van der Waals surface area contributed by atoms with E-state index in [1.165, 1.54) is 12.1 Å². The fourth-order valence-electron chi connectivity index (χ4n) is 2.46. The van der Waals surface area contributed by atoms with Crippen molar-refractivity contribution in [2.75, 3.05) is 38.2 Å². The van der Waals surface area contributed by atoms with Gasteiger partial charge in [-0.3, -0.25) is 0 Å². The Kier molecular flexibility index (Phi) is 2.24. The average molecular weight is 222 g/mol. The highest BCUT2D eigenvalue weighted by Crippen LogP contribution is 2.34. The van der Waals surface area contributed by atoms with E-state index >= 15 is 0 Å². The van der Waals surface area contributed by atoms with Gasteiger partial charge in [0.05, 0.1) is 18.3 Å². The van der Waals surface area contributed by atoms with Crippen molar-refractivity contribution in [3.8, 4) is 5.75 Å². The van der Waals surface area contributed by atoms with Crippen molar-refractivity contribution in [1.29, 1.82) is 0 Å². The summed E-state index contributed by atoms with van der Waals surface area (Å²) in [5.74, 6) is 0.451. The summed E-state index contributed by atoms with van der Waals surface area (Å²) in [7, 11) is 2.11. The molecule has 3 nitrogen and oxygen atoms in total. The molecule has 0 amide bonds. The van der Waals surface area contributed by atoms with Gasteiger partial charge in [-0.25, -0.2) is 4.39 Å². The van der Waals surface area contributed by atoms with Crippen LogP contribution in [0.25, 0.3) is 0 Å². The van der Waals surface area contributed by atoms with E-state index in [1.54, 1.807) is 0 Å². The quantitative estimate of drug-likeness (QED) is 0.713. The molecule has 0 saturated carbocycles. The number of hydrogen-bond donors (Lipinski definition) is 0. The SMILES string of the molecule is CN1CC(N2CCOc3cc(F)ccc32)C1. The van der Waals surface area contributed by atoms with Crippen molar-refractivity contribution in [3.63, 3.8) is 0 Å². The van der Waals surface area contributed by atoms with E-state index in [0.29, 0.717) is 18.4 Å². The van der Waals surface area contributed by atoms with Gasteiger partial charge in [0.25, 0.3) is 0 Å². The Morgan fingerprint density at radius 2 is 2.19 bits per heavy atom. The molecule has 1 saturated heterocycles. The molecule has 2 aliphatic rings. The first-order valence-corrected chi connectivity index (χ1v) is 5.61. The van der Waals surface area contributed by atoms with E-state index in [2.05, 4.69) is 16.8 Å². The first-order chi connectivity index (χ1) is 7.74. The Balaban J connectivity index is 1.88. The molecule has 2 aliphatic heterocycles. The number of fused-ring (bicyclic) bond motifs is 1. The van der Waals surface area contributed by atoms with Crippen molar-refractivity contribution in [3.05, 3.63) is 24.0 Å².